The van der Waals surface area contributed by atoms with E-state index in [9.17, 15) is 0 Å². The van der Waals surface area contributed by atoms with Crippen molar-refractivity contribution in [2.45, 2.75) is 18.9 Å². The minimum atomic E-state index is 0.458. The molecule has 4 rings (SSSR count). The van der Waals surface area contributed by atoms with Crippen LogP contribution >= 0.6 is 0 Å². The van der Waals surface area contributed by atoms with Gasteiger partial charge in [-0.25, -0.2) is 0 Å². The number of benzene rings is 2. The molecule has 0 saturated carbocycles. The van der Waals surface area contributed by atoms with Crippen molar-refractivity contribution in [3.05, 3.63) is 101 Å². The molecule has 0 bridgehead atoms. The average molecular weight is 314 g/mol. The van der Waals surface area contributed by atoms with E-state index in [0.29, 0.717) is 5.92 Å². The van der Waals surface area contributed by atoms with Crippen LogP contribution in [-0.4, -0.2) is 23.0 Å². The highest BCUT2D eigenvalue weighted by atomic mass is 15.1. The van der Waals surface area contributed by atoms with Gasteiger partial charge in [0.15, 0.2) is 0 Å². The molecule has 0 aliphatic carbocycles. The predicted molar refractivity (Wildman–Crippen MR) is 97.9 cm³/mol. The highest BCUT2D eigenvalue weighted by Crippen LogP contribution is 2.33. The third-order valence-electron chi connectivity index (χ3n) is 4.88. The summed E-state index contributed by atoms with van der Waals surface area (Å²) in [5.74, 6) is 0.458. The van der Waals surface area contributed by atoms with Crippen molar-refractivity contribution >= 4 is 0 Å². The van der Waals surface area contributed by atoms with E-state index in [-0.39, 0.29) is 0 Å². The lowest BCUT2D eigenvalue weighted by atomic mass is 9.84. The smallest absolute Gasteiger partial charge is 0.0416 e. The van der Waals surface area contributed by atoms with Crippen molar-refractivity contribution in [3.8, 4) is 0 Å². The summed E-state index contributed by atoms with van der Waals surface area (Å²) in [6, 6.07) is 25.9. The minimum Gasteiger partial charge on any atom is -0.298 e. The first-order chi connectivity index (χ1) is 11.9. The summed E-state index contributed by atoms with van der Waals surface area (Å²) < 4.78 is 0. The third kappa shape index (κ3) is 3.24. The van der Waals surface area contributed by atoms with Crippen LogP contribution in [-0.2, 0) is 13.0 Å². The number of hydrogen-bond acceptors (Lipinski definition) is 2. The van der Waals surface area contributed by atoms with Crippen LogP contribution in [0.25, 0.3) is 0 Å². The Labute approximate surface area is 143 Å². The molecule has 2 heteroatoms. The maximum atomic E-state index is 4.46. The number of pyridine rings is 1. The highest BCUT2D eigenvalue weighted by Gasteiger charge is 2.25. The molecule has 0 spiro atoms. The molecule has 24 heavy (non-hydrogen) atoms. The molecule has 0 radical (unpaired) electrons. The topological polar surface area (TPSA) is 16.1 Å². The minimum absolute atomic E-state index is 0.458. The lowest BCUT2D eigenvalue weighted by Crippen LogP contribution is -2.35. The van der Waals surface area contributed by atoms with Crippen LogP contribution in [0.2, 0.25) is 0 Å². The van der Waals surface area contributed by atoms with Crippen LogP contribution in [0, 0.1) is 0 Å². The molecule has 1 aliphatic heterocycles. The van der Waals surface area contributed by atoms with Crippen LogP contribution in [0.5, 0.6) is 0 Å². The second-order valence-corrected chi connectivity index (χ2v) is 6.47. The van der Waals surface area contributed by atoms with Crippen LogP contribution in [0.1, 0.15) is 28.3 Å². The van der Waals surface area contributed by atoms with Gasteiger partial charge in [0.1, 0.15) is 0 Å². The molecule has 1 aliphatic rings. The molecular formula is C22H22N2. The molecule has 0 N–H and O–H groups in total. The van der Waals surface area contributed by atoms with Gasteiger partial charge in [-0.1, -0.05) is 60.7 Å². The van der Waals surface area contributed by atoms with E-state index in [1.165, 1.54) is 22.4 Å². The van der Waals surface area contributed by atoms with Gasteiger partial charge < -0.3 is 0 Å². The van der Waals surface area contributed by atoms with Crippen LogP contribution in [0.4, 0.5) is 0 Å². The molecule has 2 aromatic carbocycles. The Kier molecular flexibility index (Phi) is 4.39. The first-order valence-electron chi connectivity index (χ1n) is 8.65. The SMILES string of the molecule is c1ccc([C@H]2CN(CCc3ccccn3)Cc3ccccc32)cc1. The second-order valence-electron chi connectivity index (χ2n) is 6.47. The Morgan fingerprint density at radius 3 is 2.50 bits per heavy atom. The van der Waals surface area contributed by atoms with Crippen molar-refractivity contribution in [2.24, 2.45) is 0 Å². The van der Waals surface area contributed by atoms with Gasteiger partial charge in [0.05, 0.1) is 0 Å². The molecule has 0 saturated heterocycles. The fourth-order valence-electron chi connectivity index (χ4n) is 3.64. The van der Waals surface area contributed by atoms with E-state index in [1.807, 2.05) is 12.3 Å². The van der Waals surface area contributed by atoms with E-state index < -0.39 is 0 Å². The maximum absolute atomic E-state index is 4.46. The molecule has 2 heterocycles. The molecular weight excluding hydrogens is 292 g/mol. The lowest BCUT2D eigenvalue weighted by molar-refractivity contribution is 0.243. The summed E-state index contributed by atoms with van der Waals surface area (Å²) in [4.78, 5) is 7.02. The van der Waals surface area contributed by atoms with Crippen molar-refractivity contribution in [3.63, 3.8) is 0 Å². The second kappa shape index (κ2) is 6.98. The Hall–Kier alpha value is -2.45. The van der Waals surface area contributed by atoms with Gasteiger partial charge >= 0.3 is 0 Å². The predicted octanol–water partition coefficient (Wildman–Crippen LogP) is 4.27. The molecule has 3 aromatic rings. The zero-order valence-corrected chi connectivity index (χ0v) is 13.8. The number of aromatic nitrogens is 1. The summed E-state index contributed by atoms with van der Waals surface area (Å²) in [5, 5.41) is 0. The van der Waals surface area contributed by atoms with Gasteiger partial charge in [-0.3, -0.25) is 9.88 Å². The van der Waals surface area contributed by atoms with Crippen molar-refractivity contribution in [1.29, 1.82) is 0 Å². The molecule has 2 nitrogen and oxygen atoms in total. The van der Waals surface area contributed by atoms with Gasteiger partial charge in [0.2, 0.25) is 0 Å². The largest absolute Gasteiger partial charge is 0.298 e. The van der Waals surface area contributed by atoms with E-state index >= 15 is 0 Å². The molecule has 0 unspecified atom stereocenters. The summed E-state index contributed by atoms with van der Waals surface area (Å²) in [6.45, 7) is 3.16. The zero-order valence-electron chi connectivity index (χ0n) is 13.8. The standard InChI is InChI=1S/C22H22N2/c1-2-8-18(9-3-1)22-17-24(15-13-20-11-6-7-14-23-20)16-19-10-4-5-12-21(19)22/h1-12,14,22H,13,15-17H2/t22-/m1/s1. The number of hydrogen-bond donors (Lipinski definition) is 0. The summed E-state index contributed by atoms with van der Waals surface area (Å²) >= 11 is 0. The fraction of sp³-hybridized carbons (Fsp3) is 0.227. The molecule has 1 aromatic heterocycles. The molecule has 1 atom stereocenters. The monoisotopic (exact) mass is 314 g/mol. The van der Waals surface area contributed by atoms with Gasteiger partial charge in [-0.2, -0.15) is 0 Å². The number of nitrogens with zero attached hydrogens (tertiary/aromatic N) is 2. The van der Waals surface area contributed by atoms with Crippen molar-refractivity contribution in [2.75, 3.05) is 13.1 Å². The van der Waals surface area contributed by atoms with Gasteiger partial charge in [0, 0.05) is 43.9 Å². The summed E-state index contributed by atoms with van der Waals surface area (Å²) in [6.07, 6.45) is 2.89. The average Bonchev–Trinajstić information content (AvgIpc) is 2.67. The quantitative estimate of drug-likeness (QED) is 0.715. The maximum Gasteiger partial charge on any atom is 0.0416 e. The Morgan fingerprint density at radius 1 is 0.875 bits per heavy atom. The molecule has 0 amide bonds. The van der Waals surface area contributed by atoms with Gasteiger partial charge in [-0.05, 0) is 28.8 Å². The van der Waals surface area contributed by atoms with Crippen molar-refractivity contribution in [1.82, 2.24) is 9.88 Å². The van der Waals surface area contributed by atoms with Crippen molar-refractivity contribution < 1.29 is 0 Å². The number of fused-ring (bicyclic) bond motifs is 1. The molecule has 0 fully saturated rings. The fourth-order valence-corrected chi connectivity index (χ4v) is 3.64. The third-order valence-corrected chi connectivity index (χ3v) is 4.88. The normalized spacial score (nSPS) is 17.4. The van der Waals surface area contributed by atoms with E-state index in [2.05, 4.69) is 76.6 Å². The van der Waals surface area contributed by atoms with Crippen LogP contribution < -0.4 is 0 Å². The Bertz CT molecular complexity index is 783. The van der Waals surface area contributed by atoms with Crippen LogP contribution in [0.3, 0.4) is 0 Å². The van der Waals surface area contributed by atoms with E-state index in [4.69, 9.17) is 0 Å². The number of rotatable bonds is 4. The summed E-state index contributed by atoms with van der Waals surface area (Å²) in [7, 11) is 0. The first-order valence-corrected chi connectivity index (χ1v) is 8.65. The summed E-state index contributed by atoms with van der Waals surface area (Å²) in [5.41, 5.74) is 5.52. The zero-order chi connectivity index (χ0) is 16.2. The molecule has 120 valence electrons. The first kappa shape index (κ1) is 15.1. The lowest BCUT2D eigenvalue weighted by Gasteiger charge is -2.35. The Balaban J connectivity index is 1.56. The van der Waals surface area contributed by atoms with Gasteiger partial charge in [-0.15, -0.1) is 0 Å². The van der Waals surface area contributed by atoms with Gasteiger partial charge in [0.25, 0.3) is 0 Å². The van der Waals surface area contributed by atoms with E-state index in [0.717, 1.165) is 26.1 Å². The van der Waals surface area contributed by atoms with E-state index in [1.54, 1.807) is 0 Å². The highest BCUT2D eigenvalue weighted by molar-refractivity contribution is 5.40. The Morgan fingerprint density at radius 2 is 1.67 bits per heavy atom. The van der Waals surface area contributed by atoms with Crippen LogP contribution in [0.15, 0.2) is 79.0 Å².